The standard InChI is InChI=1S/C17H14Cl2N2O3/c18-8-9-21-16(24)20-15(23)17(21,11-4-2-1-3-5-11)13-10-12(19)6-7-14(13)22/h1-7,10,22H,8-9H2,(H,20,23,24). The van der Waals surface area contributed by atoms with Gasteiger partial charge in [-0.25, -0.2) is 4.79 Å². The second-order valence-electron chi connectivity index (χ2n) is 5.34. The van der Waals surface area contributed by atoms with Gasteiger partial charge in [-0.3, -0.25) is 10.1 Å². The molecule has 5 nitrogen and oxygen atoms in total. The van der Waals surface area contributed by atoms with Crippen LogP contribution < -0.4 is 5.32 Å². The summed E-state index contributed by atoms with van der Waals surface area (Å²) in [6, 6.07) is 12.6. The number of alkyl halides is 1. The third-order valence-electron chi connectivity index (χ3n) is 4.05. The zero-order valence-electron chi connectivity index (χ0n) is 12.5. The molecule has 1 atom stereocenters. The molecule has 3 amide bonds. The smallest absolute Gasteiger partial charge is 0.325 e. The summed E-state index contributed by atoms with van der Waals surface area (Å²) in [5.74, 6) is -0.551. The summed E-state index contributed by atoms with van der Waals surface area (Å²) in [6.07, 6.45) is 0. The number of hydrogen-bond donors (Lipinski definition) is 2. The number of carbonyl (C=O) groups excluding carboxylic acids is 2. The molecule has 1 heterocycles. The van der Waals surface area contributed by atoms with Crippen molar-refractivity contribution >= 4 is 35.1 Å². The second kappa shape index (κ2) is 6.34. The maximum absolute atomic E-state index is 12.9. The molecule has 0 aromatic heterocycles. The van der Waals surface area contributed by atoms with Crippen molar-refractivity contribution < 1.29 is 14.7 Å². The molecule has 2 aromatic carbocycles. The van der Waals surface area contributed by atoms with Crippen LogP contribution in [0.4, 0.5) is 4.79 Å². The zero-order chi connectivity index (χ0) is 17.3. The lowest BCUT2D eigenvalue weighted by Gasteiger charge is -2.36. The minimum Gasteiger partial charge on any atom is -0.508 e. The Kier molecular flexibility index (Phi) is 4.39. The summed E-state index contributed by atoms with van der Waals surface area (Å²) < 4.78 is 0. The summed E-state index contributed by atoms with van der Waals surface area (Å²) in [4.78, 5) is 26.6. The summed E-state index contributed by atoms with van der Waals surface area (Å²) >= 11 is 11.9. The normalized spacial score (nSPS) is 20.3. The number of rotatable bonds is 4. The summed E-state index contributed by atoms with van der Waals surface area (Å²) in [6.45, 7) is 0.125. The van der Waals surface area contributed by atoms with Gasteiger partial charge in [0.15, 0.2) is 5.54 Å². The molecular weight excluding hydrogens is 351 g/mol. The van der Waals surface area contributed by atoms with Gasteiger partial charge in [-0.15, -0.1) is 11.6 Å². The molecule has 24 heavy (non-hydrogen) atoms. The number of nitrogens with zero attached hydrogens (tertiary/aromatic N) is 1. The van der Waals surface area contributed by atoms with Gasteiger partial charge < -0.3 is 10.0 Å². The van der Waals surface area contributed by atoms with Crippen LogP contribution in [-0.2, 0) is 10.3 Å². The lowest BCUT2D eigenvalue weighted by atomic mass is 9.81. The number of hydrogen-bond acceptors (Lipinski definition) is 3. The zero-order valence-corrected chi connectivity index (χ0v) is 14.0. The first kappa shape index (κ1) is 16.6. The van der Waals surface area contributed by atoms with Gasteiger partial charge in [-0.05, 0) is 23.8 Å². The van der Waals surface area contributed by atoms with E-state index in [0.29, 0.717) is 10.6 Å². The van der Waals surface area contributed by atoms with Crippen molar-refractivity contribution in [2.45, 2.75) is 5.54 Å². The fourth-order valence-corrected chi connectivity index (χ4v) is 3.41. The number of urea groups is 1. The first-order valence-corrected chi connectivity index (χ1v) is 8.16. The van der Waals surface area contributed by atoms with Crippen molar-refractivity contribution in [3.63, 3.8) is 0 Å². The highest BCUT2D eigenvalue weighted by Crippen LogP contribution is 2.44. The molecule has 124 valence electrons. The number of phenols is 1. The van der Waals surface area contributed by atoms with Gasteiger partial charge in [0.2, 0.25) is 0 Å². The largest absolute Gasteiger partial charge is 0.508 e. The highest BCUT2D eigenvalue weighted by atomic mass is 35.5. The van der Waals surface area contributed by atoms with E-state index in [1.807, 2.05) is 0 Å². The SMILES string of the molecule is O=C1NC(=O)C(c2ccccc2)(c2cc(Cl)ccc2O)N1CCCl. The maximum atomic E-state index is 12.9. The van der Waals surface area contributed by atoms with Gasteiger partial charge in [-0.1, -0.05) is 41.9 Å². The fourth-order valence-electron chi connectivity index (χ4n) is 3.07. The Hall–Kier alpha value is -2.24. The van der Waals surface area contributed by atoms with E-state index in [9.17, 15) is 14.7 Å². The van der Waals surface area contributed by atoms with Crippen LogP contribution in [0.1, 0.15) is 11.1 Å². The van der Waals surface area contributed by atoms with Crippen LogP contribution in [0.2, 0.25) is 5.02 Å². The molecule has 1 saturated heterocycles. The Balaban J connectivity index is 2.35. The van der Waals surface area contributed by atoms with E-state index in [1.54, 1.807) is 30.3 Å². The van der Waals surface area contributed by atoms with Crippen LogP contribution in [0.5, 0.6) is 5.75 Å². The maximum Gasteiger partial charge on any atom is 0.325 e. The number of aromatic hydroxyl groups is 1. The molecule has 0 bridgehead atoms. The molecule has 0 radical (unpaired) electrons. The molecule has 7 heteroatoms. The number of benzene rings is 2. The predicted molar refractivity (Wildman–Crippen MR) is 91.3 cm³/mol. The lowest BCUT2D eigenvalue weighted by molar-refractivity contribution is -0.125. The van der Waals surface area contributed by atoms with Gasteiger partial charge in [0, 0.05) is 23.0 Å². The van der Waals surface area contributed by atoms with Crippen LogP contribution in [0.15, 0.2) is 48.5 Å². The molecule has 3 rings (SSSR count). The van der Waals surface area contributed by atoms with Gasteiger partial charge in [0.25, 0.3) is 5.91 Å². The Morgan fingerprint density at radius 2 is 1.83 bits per heavy atom. The molecule has 1 unspecified atom stereocenters. The van der Waals surface area contributed by atoms with Crippen molar-refractivity contribution in [2.24, 2.45) is 0 Å². The van der Waals surface area contributed by atoms with E-state index in [-0.39, 0.29) is 23.7 Å². The lowest BCUT2D eigenvalue weighted by Crippen LogP contribution is -2.48. The van der Waals surface area contributed by atoms with Crippen LogP contribution in [-0.4, -0.2) is 34.4 Å². The Labute approximate surface area is 148 Å². The van der Waals surface area contributed by atoms with E-state index in [2.05, 4.69) is 5.32 Å². The molecule has 1 fully saturated rings. The van der Waals surface area contributed by atoms with Crippen molar-refractivity contribution in [3.8, 4) is 5.75 Å². The molecular formula is C17H14Cl2N2O3. The summed E-state index contributed by atoms with van der Waals surface area (Å²) in [5, 5.41) is 13.1. The van der Waals surface area contributed by atoms with Crippen LogP contribution in [0, 0.1) is 0 Å². The van der Waals surface area contributed by atoms with Crippen LogP contribution in [0.25, 0.3) is 0 Å². The highest BCUT2D eigenvalue weighted by molar-refractivity contribution is 6.30. The topological polar surface area (TPSA) is 69.6 Å². The van der Waals surface area contributed by atoms with E-state index < -0.39 is 17.5 Å². The van der Waals surface area contributed by atoms with E-state index in [0.717, 1.165) is 0 Å². The van der Waals surface area contributed by atoms with Crippen LogP contribution >= 0.6 is 23.2 Å². The van der Waals surface area contributed by atoms with Crippen molar-refractivity contribution in [1.82, 2.24) is 10.2 Å². The number of carbonyl (C=O) groups is 2. The minimum absolute atomic E-state index is 0.125. The third-order valence-corrected chi connectivity index (χ3v) is 4.45. The number of halogens is 2. The van der Waals surface area contributed by atoms with Gasteiger partial charge in [-0.2, -0.15) is 0 Å². The summed E-state index contributed by atoms with van der Waals surface area (Å²) in [7, 11) is 0. The van der Waals surface area contributed by atoms with Gasteiger partial charge in [0.05, 0.1) is 0 Å². The monoisotopic (exact) mass is 364 g/mol. The second-order valence-corrected chi connectivity index (χ2v) is 6.15. The van der Waals surface area contributed by atoms with Gasteiger partial charge in [0.1, 0.15) is 5.75 Å². The first-order chi connectivity index (χ1) is 11.5. The van der Waals surface area contributed by atoms with Gasteiger partial charge >= 0.3 is 6.03 Å². The summed E-state index contributed by atoms with van der Waals surface area (Å²) in [5.41, 5.74) is -0.756. The third kappa shape index (κ3) is 2.41. The molecule has 1 aliphatic heterocycles. The molecule has 0 aliphatic carbocycles. The van der Waals surface area contributed by atoms with E-state index in [1.165, 1.54) is 23.1 Å². The minimum atomic E-state index is -1.53. The van der Waals surface area contributed by atoms with E-state index >= 15 is 0 Å². The van der Waals surface area contributed by atoms with Crippen LogP contribution in [0.3, 0.4) is 0 Å². The number of amides is 3. The Morgan fingerprint density at radius 3 is 2.50 bits per heavy atom. The molecule has 2 N–H and O–H groups in total. The van der Waals surface area contributed by atoms with Crippen molar-refractivity contribution in [2.75, 3.05) is 12.4 Å². The molecule has 0 saturated carbocycles. The number of phenolic OH excluding ortho intramolecular Hbond substituents is 1. The Morgan fingerprint density at radius 1 is 1.12 bits per heavy atom. The number of nitrogens with one attached hydrogen (secondary N) is 1. The first-order valence-electron chi connectivity index (χ1n) is 7.25. The average molecular weight is 365 g/mol. The quantitative estimate of drug-likeness (QED) is 0.646. The molecule has 0 spiro atoms. The Bertz CT molecular complexity index is 798. The van der Waals surface area contributed by atoms with Crippen molar-refractivity contribution in [1.29, 1.82) is 0 Å². The molecule has 2 aromatic rings. The molecule has 1 aliphatic rings. The fraction of sp³-hybridized carbons (Fsp3) is 0.176. The number of imide groups is 1. The van der Waals surface area contributed by atoms with Crippen molar-refractivity contribution in [3.05, 3.63) is 64.7 Å². The predicted octanol–water partition coefficient (Wildman–Crippen LogP) is 3.08. The average Bonchev–Trinajstić information content (AvgIpc) is 2.82. The highest BCUT2D eigenvalue weighted by Gasteiger charge is 2.56. The van der Waals surface area contributed by atoms with E-state index in [4.69, 9.17) is 23.2 Å².